The van der Waals surface area contributed by atoms with Crippen molar-refractivity contribution in [1.29, 1.82) is 0 Å². The normalized spacial score (nSPS) is 10.0. The monoisotopic (exact) mass is 432 g/mol. The zero-order valence-electron chi connectivity index (χ0n) is 17.3. The van der Waals surface area contributed by atoms with E-state index in [0.29, 0.717) is 22.6 Å². The molecule has 0 radical (unpaired) electrons. The quantitative estimate of drug-likeness (QED) is 0.225. The Morgan fingerprint density at radius 1 is 0.719 bits per heavy atom. The van der Waals surface area contributed by atoms with Crippen LogP contribution in [0.15, 0.2) is 85.5 Å². The summed E-state index contributed by atoms with van der Waals surface area (Å²) in [7, 11) is 1.55. The zero-order chi connectivity index (χ0) is 22.9. The van der Waals surface area contributed by atoms with E-state index in [1.165, 1.54) is 0 Å². The Labute approximate surface area is 184 Å². The SMILES string of the molecule is C=CC(=O)OCOC(=O)c1ccc(-c2ccc(OC(=O)c3ccc(OC)cc3)cc2)cc1. The average molecular weight is 432 g/mol. The van der Waals surface area contributed by atoms with Crippen molar-refractivity contribution >= 4 is 17.9 Å². The van der Waals surface area contributed by atoms with Gasteiger partial charge in [0, 0.05) is 6.08 Å². The van der Waals surface area contributed by atoms with Crippen LogP contribution in [-0.4, -0.2) is 31.8 Å². The summed E-state index contributed by atoms with van der Waals surface area (Å²) in [6.07, 6.45) is 0.980. The number of carbonyl (C=O) groups is 3. The summed E-state index contributed by atoms with van der Waals surface area (Å²) in [5, 5.41) is 0. The molecule has 0 atom stereocenters. The molecule has 3 rings (SSSR count). The van der Waals surface area contributed by atoms with Gasteiger partial charge >= 0.3 is 17.9 Å². The third-order valence-corrected chi connectivity index (χ3v) is 4.40. The van der Waals surface area contributed by atoms with Gasteiger partial charge in [0.1, 0.15) is 11.5 Å². The molecule has 0 saturated heterocycles. The van der Waals surface area contributed by atoms with Gasteiger partial charge in [-0.2, -0.15) is 0 Å². The van der Waals surface area contributed by atoms with Crippen LogP contribution < -0.4 is 9.47 Å². The molecule has 3 aromatic carbocycles. The summed E-state index contributed by atoms with van der Waals surface area (Å²) in [5.41, 5.74) is 2.45. The van der Waals surface area contributed by atoms with Gasteiger partial charge < -0.3 is 18.9 Å². The molecule has 0 N–H and O–H groups in total. The van der Waals surface area contributed by atoms with Crippen molar-refractivity contribution in [3.8, 4) is 22.6 Å². The number of benzene rings is 3. The van der Waals surface area contributed by atoms with Gasteiger partial charge in [-0.1, -0.05) is 30.8 Å². The van der Waals surface area contributed by atoms with Gasteiger partial charge in [-0.3, -0.25) is 0 Å². The standard InChI is InChI=1S/C25H20O7/c1-3-23(26)30-16-31-24(27)19-6-4-17(5-7-19)18-8-14-22(15-9-18)32-25(28)20-10-12-21(29-2)13-11-20/h3-15H,1,16H2,2H3. The van der Waals surface area contributed by atoms with Crippen LogP contribution in [0.3, 0.4) is 0 Å². The Balaban J connectivity index is 1.59. The second-order valence-corrected chi connectivity index (χ2v) is 6.44. The second-order valence-electron chi connectivity index (χ2n) is 6.44. The fraction of sp³-hybridized carbons (Fsp3) is 0.0800. The van der Waals surface area contributed by atoms with Crippen LogP contribution >= 0.6 is 0 Å². The van der Waals surface area contributed by atoms with Gasteiger partial charge in [-0.05, 0) is 59.7 Å². The number of methoxy groups -OCH3 is 1. The van der Waals surface area contributed by atoms with Crippen molar-refractivity contribution in [3.63, 3.8) is 0 Å². The first-order valence-corrected chi connectivity index (χ1v) is 9.53. The highest BCUT2D eigenvalue weighted by Gasteiger charge is 2.10. The van der Waals surface area contributed by atoms with Gasteiger partial charge in [0.05, 0.1) is 18.2 Å². The smallest absolute Gasteiger partial charge is 0.343 e. The number of carbonyl (C=O) groups excluding carboxylic acids is 3. The van der Waals surface area contributed by atoms with Crippen LogP contribution in [-0.2, 0) is 14.3 Å². The van der Waals surface area contributed by atoms with E-state index >= 15 is 0 Å². The molecule has 0 aliphatic heterocycles. The maximum Gasteiger partial charge on any atom is 0.343 e. The van der Waals surface area contributed by atoms with Crippen molar-refractivity contribution < 1.29 is 33.3 Å². The Morgan fingerprint density at radius 2 is 1.22 bits per heavy atom. The van der Waals surface area contributed by atoms with E-state index in [9.17, 15) is 14.4 Å². The lowest BCUT2D eigenvalue weighted by molar-refractivity contribution is -0.146. The van der Waals surface area contributed by atoms with E-state index in [0.717, 1.165) is 17.2 Å². The minimum Gasteiger partial charge on any atom is -0.497 e. The molecule has 32 heavy (non-hydrogen) atoms. The van der Waals surface area contributed by atoms with Gasteiger partial charge in [-0.25, -0.2) is 14.4 Å². The molecule has 0 unspecified atom stereocenters. The first-order chi connectivity index (χ1) is 15.5. The summed E-state index contributed by atoms with van der Waals surface area (Å²) in [6, 6.07) is 20.3. The number of rotatable bonds is 8. The molecule has 7 nitrogen and oxygen atoms in total. The zero-order valence-corrected chi connectivity index (χ0v) is 17.3. The predicted octanol–water partition coefficient (Wildman–Crippen LogP) is 4.42. The van der Waals surface area contributed by atoms with E-state index in [-0.39, 0.29) is 0 Å². The largest absolute Gasteiger partial charge is 0.497 e. The molecule has 7 heteroatoms. The van der Waals surface area contributed by atoms with E-state index in [1.54, 1.807) is 79.9 Å². The minimum atomic E-state index is -0.675. The fourth-order valence-corrected chi connectivity index (χ4v) is 2.69. The molecule has 0 heterocycles. The Morgan fingerprint density at radius 3 is 1.78 bits per heavy atom. The molecule has 0 amide bonds. The lowest BCUT2D eigenvalue weighted by Crippen LogP contribution is -2.11. The van der Waals surface area contributed by atoms with E-state index in [4.69, 9.17) is 14.2 Å². The molecule has 0 saturated carbocycles. The number of hydrogen-bond donors (Lipinski definition) is 0. The van der Waals surface area contributed by atoms with Crippen LogP contribution in [0.2, 0.25) is 0 Å². The number of hydrogen-bond acceptors (Lipinski definition) is 7. The summed E-state index contributed by atoms with van der Waals surface area (Å²) in [6.45, 7) is 2.77. The van der Waals surface area contributed by atoms with E-state index in [1.807, 2.05) is 0 Å². The molecular formula is C25H20O7. The maximum atomic E-state index is 12.3. The lowest BCUT2D eigenvalue weighted by Gasteiger charge is -2.08. The van der Waals surface area contributed by atoms with Crippen LogP contribution in [0.5, 0.6) is 11.5 Å². The summed E-state index contributed by atoms with van der Waals surface area (Å²) in [4.78, 5) is 35.2. The van der Waals surface area contributed by atoms with Crippen molar-refractivity contribution in [2.24, 2.45) is 0 Å². The molecule has 0 bridgehead atoms. The van der Waals surface area contributed by atoms with E-state index < -0.39 is 24.7 Å². The second kappa shape index (κ2) is 10.6. The van der Waals surface area contributed by atoms with Crippen LogP contribution in [0, 0.1) is 0 Å². The maximum absolute atomic E-state index is 12.3. The minimum absolute atomic E-state index is 0.313. The van der Waals surface area contributed by atoms with Crippen molar-refractivity contribution in [1.82, 2.24) is 0 Å². The van der Waals surface area contributed by atoms with E-state index in [2.05, 4.69) is 11.3 Å². The first kappa shape index (κ1) is 22.3. The van der Waals surface area contributed by atoms with Crippen LogP contribution in [0.4, 0.5) is 0 Å². The number of esters is 3. The van der Waals surface area contributed by atoms with Crippen molar-refractivity contribution in [2.75, 3.05) is 13.9 Å². The lowest BCUT2D eigenvalue weighted by atomic mass is 10.0. The molecule has 0 aromatic heterocycles. The Kier molecular flexibility index (Phi) is 7.37. The summed E-state index contributed by atoms with van der Waals surface area (Å²) in [5.74, 6) is -0.701. The molecular weight excluding hydrogens is 412 g/mol. The molecule has 0 aliphatic rings. The highest BCUT2D eigenvalue weighted by molar-refractivity contribution is 5.91. The molecule has 0 spiro atoms. The average Bonchev–Trinajstić information content (AvgIpc) is 2.84. The predicted molar refractivity (Wildman–Crippen MR) is 116 cm³/mol. The van der Waals surface area contributed by atoms with Crippen LogP contribution in [0.25, 0.3) is 11.1 Å². The van der Waals surface area contributed by atoms with Gasteiger partial charge in [0.15, 0.2) is 0 Å². The third kappa shape index (κ3) is 5.82. The third-order valence-electron chi connectivity index (χ3n) is 4.40. The fourth-order valence-electron chi connectivity index (χ4n) is 2.69. The molecule has 0 fully saturated rings. The summed E-state index contributed by atoms with van der Waals surface area (Å²) < 4.78 is 19.9. The van der Waals surface area contributed by atoms with Crippen molar-refractivity contribution in [3.05, 3.63) is 96.6 Å². The molecule has 162 valence electrons. The van der Waals surface area contributed by atoms with Gasteiger partial charge in [0.25, 0.3) is 0 Å². The Hall–Kier alpha value is -4.39. The van der Waals surface area contributed by atoms with Gasteiger partial charge in [-0.15, -0.1) is 0 Å². The topological polar surface area (TPSA) is 88.1 Å². The molecule has 3 aromatic rings. The highest BCUT2D eigenvalue weighted by Crippen LogP contribution is 2.24. The highest BCUT2D eigenvalue weighted by atomic mass is 16.7. The van der Waals surface area contributed by atoms with Gasteiger partial charge in [0.2, 0.25) is 6.79 Å². The van der Waals surface area contributed by atoms with Crippen molar-refractivity contribution in [2.45, 2.75) is 0 Å². The molecule has 0 aliphatic carbocycles. The Bertz CT molecular complexity index is 1100. The van der Waals surface area contributed by atoms with Crippen LogP contribution in [0.1, 0.15) is 20.7 Å². The number of ether oxygens (including phenoxy) is 4. The summed E-state index contributed by atoms with van der Waals surface area (Å²) >= 11 is 0. The first-order valence-electron chi connectivity index (χ1n) is 9.53.